The summed E-state index contributed by atoms with van der Waals surface area (Å²) < 4.78 is 18.2. The third-order valence-corrected chi connectivity index (χ3v) is 4.47. The van der Waals surface area contributed by atoms with E-state index in [4.69, 9.17) is 14.7 Å². The third-order valence-electron chi connectivity index (χ3n) is 4.47. The highest BCUT2D eigenvalue weighted by atomic mass is 19.1. The molecule has 0 spiro atoms. The fourth-order valence-electron chi connectivity index (χ4n) is 3.18. The molecule has 0 N–H and O–H groups in total. The van der Waals surface area contributed by atoms with Gasteiger partial charge in [0.05, 0.1) is 23.7 Å². The number of ether oxygens (including phenoxy) is 1. The predicted molar refractivity (Wildman–Crippen MR) is 109 cm³/mol. The predicted octanol–water partition coefficient (Wildman–Crippen LogP) is 4.85. The van der Waals surface area contributed by atoms with Gasteiger partial charge in [-0.1, -0.05) is 13.8 Å². The number of fused-ring (bicyclic) bond motifs is 1. The number of rotatable bonds is 7. The van der Waals surface area contributed by atoms with Crippen molar-refractivity contribution in [2.75, 3.05) is 25.1 Å². The minimum absolute atomic E-state index is 0.291. The fraction of sp³-hybridized carbons (Fsp3) is 0.318. The number of carbonyl (C=O) groups excluding carboxylic acids is 1. The van der Waals surface area contributed by atoms with Crippen LogP contribution < -0.4 is 4.90 Å². The summed E-state index contributed by atoms with van der Waals surface area (Å²) in [6, 6.07) is 11.4. The quantitative estimate of drug-likeness (QED) is 0.548. The molecule has 1 heterocycles. The van der Waals surface area contributed by atoms with Crippen molar-refractivity contribution < 1.29 is 13.9 Å². The maximum absolute atomic E-state index is 13.4. The van der Waals surface area contributed by atoms with Crippen LogP contribution in [0.3, 0.4) is 0 Å². The second-order valence-electron chi connectivity index (χ2n) is 6.58. The molecule has 0 radical (unpaired) electrons. The van der Waals surface area contributed by atoms with Gasteiger partial charge >= 0.3 is 5.97 Å². The number of carbonyl (C=O) groups is 1. The molecule has 6 heteroatoms. The maximum atomic E-state index is 13.4. The summed E-state index contributed by atoms with van der Waals surface area (Å²) in [5, 5.41) is 0. The molecule has 28 heavy (non-hydrogen) atoms. The van der Waals surface area contributed by atoms with Crippen molar-refractivity contribution in [1.82, 2.24) is 9.97 Å². The molecule has 3 rings (SSSR count). The van der Waals surface area contributed by atoms with E-state index in [2.05, 4.69) is 18.7 Å². The van der Waals surface area contributed by atoms with Crippen molar-refractivity contribution in [3.05, 3.63) is 53.8 Å². The summed E-state index contributed by atoms with van der Waals surface area (Å²) in [7, 11) is 1.35. The summed E-state index contributed by atoms with van der Waals surface area (Å²) in [5.74, 6) is 0.0393. The molecule has 0 fully saturated rings. The summed E-state index contributed by atoms with van der Waals surface area (Å²) in [6.07, 6.45) is 1.93. The van der Waals surface area contributed by atoms with Crippen molar-refractivity contribution in [3.8, 4) is 11.3 Å². The molecule has 1 aromatic heterocycles. The van der Waals surface area contributed by atoms with Gasteiger partial charge in [-0.2, -0.15) is 0 Å². The number of nitrogens with zero attached hydrogens (tertiary/aromatic N) is 3. The van der Waals surface area contributed by atoms with Crippen LogP contribution in [0.4, 0.5) is 10.2 Å². The zero-order valence-corrected chi connectivity index (χ0v) is 16.4. The fourth-order valence-corrected chi connectivity index (χ4v) is 3.18. The lowest BCUT2D eigenvalue weighted by molar-refractivity contribution is 0.0601. The summed E-state index contributed by atoms with van der Waals surface area (Å²) in [6.45, 7) is 5.89. The number of methoxy groups -OCH3 is 1. The smallest absolute Gasteiger partial charge is 0.337 e. The van der Waals surface area contributed by atoms with Crippen LogP contribution in [0.1, 0.15) is 37.0 Å². The van der Waals surface area contributed by atoms with Crippen LogP contribution in [-0.4, -0.2) is 36.1 Å². The molecule has 0 aliphatic carbocycles. The molecule has 2 aromatic carbocycles. The van der Waals surface area contributed by atoms with Gasteiger partial charge in [-0.3, -0.25) is 0 Å². The lowest BCUT2D eigenvalue weighted by Crippen LogP contribution is -2.27. The standard InChI is InChI=1S/C22H24FN3O2/c1-4-12-26(13-5-2)21-20(15-6-9-17(23)10-7-15)24-18-11-8-16(22(27)28-3)14-19(18)25-21/h6-11,14H,4-5,12-13H2,1-3H3. The number of hydrogen-bond acceptors (Lipinski definition) is 5. The molecule has 0 bridgehead atoms. The summed E-state index contributed by atoms with van der Waals surface area (Å²) in [4.78, 5) is 23.7. The minimum Gasteiger partial charge on any atom is -0.465 e. The Morgan fingerprint density at radius 1 is 1.00 bits per heavy atom. The van der Waals surface area contributed by atoms with E-state index >= 15 is 0 Å². The van der Waals surface area contributed by atoms with Gasteiger partial charge in [0, 0.05) is 18.7 Å². The van der Waals surface area contributed by atoms with E-state index in [9.17, 15) is 9.18 Å². The normalized spacial score (nSPS) is 10.9. The molecule has 0 atom stereocenters. The van der Waals surface area contributed by atoms with Crippen molar-refractivity contribution in [2.45, 2.75) is 26.7 Å². The molecule has 0 saturated carbocycles. The first-order valence-corrected chi connectivity index (χ1v) is 9.48. The van der Waals surface area contributed by atoms with Gasteiger partial charge in [-0.15, -0.1) is 0 Å². The largest absolute Gasteiger partial charge is 0.465 e. The van der Waals surface area contributed by atoms with Gasteiger partial charge in [-0.05, 0) is 55.3 Å². The SMILES string of the molecule is CCCN(CCC)c1nc2cc(C(=O)OC)ccc2nc1-c1ccc(F)cc1. The molecular weight excluding hydrogens is 357 g/mol. The molecule has 146 valence electrons. The number of benzene rings is 2. The van der Waals surface area contributed by atoms with Crippen LogP contribution in [0.15, 0.2) is 42.5 Å². The molecule has 0 unspecified atom stereocenters. The molecule has 0 amide bonds. The molecule has 3 aromatic rings. The average molecular weight is 381 g/mol. The van der Waals surface area contributed by atoms with Crippen molar-refractivity contribution in [2.24, 2.45) is 0 Å². The van der Waals surface area contributed by atoms with Gasteiger partial charge in [0.25, 0.3) is 0 Å². The topological polar surface area (TPSA) is 55.3 Å². The first-order chi connectivity index (χ1) is 13.6. The molecule has 5 nitrogen and oxygen atoms in total. The van der Waals surface area contributed by atoms with Gasteiger partial charge < -0.3 is 9.64 Å². The van der Waals surface area contributed by atoms with Gasteiger partial charge in [0.2, 0.25) is 0 Å². The Hall–Kier alpha value is -3.02. The number of anilines is 1. The first-order valence-electron chi connectivity index (χ1n) is 9.48. The molecule has 0 aliphatic rings. The van der Waals surface area contributed by atoms with Crippen LogP contribution in [0.5, 0.6) is 0 Å². The minimum atomic E-state index is -0.410. The lowest BCUT2D eigenvalue weighted by atomic mass is 10.1. The lowest BCUT2D eigenvalue weighted by Gasteiger charge is -2.25. The molecule has 0 aliphatic heterocycles. The van der Waals surface area contributed by atoms with Gasteiger partial charge in [0.15, 0.2) is 5.82 Å². The number of hydrogen-bond donors (Lipinski definition) is 0. The first kappa shape index (κ1) is 19.7. The van der Waals surface area contributed by atoms with Crippen molar-refractivity contribution in [1.29, 1.82) is 0 Å². The van der Waals surface area contributed by atoms with E-state index in [0.717, 1.165) is 37.3 Å². The highest BCUT2D eigenvalue weighted by Gasteiger charge is 2.18. The zero-order valence-electron chi connectivity index (χ0n) is 16.4. The Bertz CT molecular complexity index is 967. The van der Waals surface area contributed by atoms with E-state index in [1.807, 2.05) is 0 Å². The second kappa shape index (κ2) is 8.78. The Kier molecular flexibility index (Phi) is 6.19. The van der Waals surface area contributed by atoms with E-state index < -0.39 is 5.97 Å². The Morgan fingerprint density at radius 3 is 2.29 bits per heavy atom. The van der Waals surface area contributed by atoms with Crippen LogP contribution in [0, 0.1) is 5.82 Å². The number of aromatic nitrogens is 2. The van der Waals surface area contributed by atoms with Crippen molar-refractivity contribution in [3.63, 3.8) is 0 Å². The highest BCUT2D eigenvalue weighted by molar-refractivity contribution is 5.94. The van der Waals surface area contributed by atoms with Gasteiger partial charge in [0.1, 0.15) is 11.5 Å². The number of halogens is 1. The Morgan fingerprint density at radius 2 is 1.68 bits per heavy atom. The van der Waals surface area contributed by atoms with Crippen LogP contribution in [-0.2, 0) is 4.74 Å². The Labute approximate surface area is 164 Å². The number of esters is 1. The van der Waals surface area contributed by atoms with Gasteiger partial charge in [-0.25, -0.2) is 19.2 Å². The van der Waals surface area contributed by atoms with Crippen LogP contribution in [0.25, 0.3) is 22.3 Å². The third kappa shape index (κ3) is 4.11. The van der Waals surface area contributed by atoms with Crippen LogP contribution in [0.2, 0.25) is 0 Å². The van der Waals surface area contributed by atoms with E-state index in [0.29, 0.717) is 22.3 Å². The Balaban J connectivity index is 2.21. The summed E-state index contributed by atoms with van der Waals surface area (Å²) in [5.41, 5.74) is 3.24. The monoisotopic (exact) mass is 381 g/mol. The van der Waals surface area contributed by atoms with Crippen LogP contribution >= 0.6 is 0 Å². The highest BCUT2D eigenvalue weighted by Crippen LogP contribution is 2.30. The maximum Gasteiger partial charge on any atom is 0.337 e. The second-order valence-corrected chi connectivity index (χ2v) is 6.58. The molecule has 0 saturated heterocycles. The average Bonchev–Trinajstić information content (AvgIpc) is 2.72. The van der Waals surface area contributed by atoms with E-state index in [-0.39, 0.29) is 5.82 Å². The summed E-state index contributed by atoms with van der Waals surface area (Å²) >= 11 is 0. The van der Waals surface area contributed by atoms with E-state index in [1.165, 1.54) is 19.2 Å². The molecular formula is C22H24FN3O2. The van der Waals surface area contributed by atoms with E-state index in [1.54, 1.807) is 30.3 Å². The van der Waals surface area contributed by atoms with Crippen molar-refractivity contribution >= 4 is 22.8 Å². The zero-order chi connectivity index (χ0) is 20.1.